The summed E-state index contributed by atoms with van der Waals surface area (Å²) in [5.74, 6) is -0.467. The van der Waals surface area contributed by atoms with Crippen molar-refractivity contribution in [3.05, 3.63) is 29.6 Å². The SMILES string of the molecule is CCCOC1CCCN(c2ccc(F)cc2C(C)=O)C1. The lowest BCUT2D eigenvalue weighted by atomic mass is 10.0. The number of hydrogen-bond donors (Lipinski definition) is 0. The average molecular weight is 279 g/mol. The number of Topliss-reactive ketones (excluding diaryl/α,β-unsaturated/α-hetero) is 1. The van der Waals surface area contributed by atoms with Crippen molar-refractivity contribution in [2.45, 2.75) is 39.2 Å². The summed E-state index contributed by atoms with van der Waals surface area (Å²) in [5, 5.41) is 0. The zero-order valence-corrected chi connectivity index (χ0v) is 12.2. The fourth-order valence-electron chi connectivity index (χ4n) is 2.64. The summed E-state index contributed by atoms with van der Waals surface area (Å²) in [6.07, 6.45) is 3.29. The number of carbonyl (C=O) groups is 1. The molecule has 1 aliphatic rings. The lowest BCUT2D eigenvalue weighted by Gasteiger charge is -2.35. The van der Waals surface area contributed by atoms with Gasteiger partial charge in [-0.3, -0.25) is 4.79 Å². The Balaban J connectivity index is 2.16. The Morgan fingerprint density at radius 1 is 1.50 bits per heavy atom. The molecule has 1 aromatic rings. The summed E-state index contributed by atoms with van der Waals surface area (Å²) >= 11 is 0. The minimum atomic E-state index is -0.366. The molecule has 20 heavy (non-hydrogen) atoms. The summed E-state index contributed by atoms with van der Waals surface area (Å²) in [5.41, 5.74) is 1.28. The van der Waals surface area contributed by atoms with Crippen molar-refractivity contribution < 1.29 is 13.9 Å². The van der Waals surface area contributed by atoms with Crippen LogP contribution >= 0.6 is 0 Å². The Bertz CT molecular complexity index is 476. The summed E-state index contributed by atoms with van der Waals surface area (Å²) in [4.78, 5) is 13.8. The number of ether oxygens (including phenoxy) is 1. The largest absolute Gasteiger partial charge is 0.376 e. The molecule has 0 saturated carbocycles. The monoisotopic (exact) mass is 279 g/mol. The van der Waals surface area contributed by atoms with Crippen LogP contribution in [0.1, 0.15) is 43.5 Å². The highest BCUT2D eigenvalue weighted by Crippen LogP contribution is 2.26. The Labute approximate surface area is 119 Å². The minimum Gasteiger partial charge on any atom is -0.376 e. The summed E-state index contributed by atoms with van der Waals surface area (Å²) < 4.78 is 19.1. The van der Waals surface area contributed by atoms with Crippen LogP contribution in [0.25, 0.3) is 0 Å². The molecule has 1 saturated heterocycles. The van der Waals surface area contributed by atoms with E-state index in [0.717, 1.165) is 44.6 Å². The summed E-state index contributed by atoms with van der Waals surface area (Å²) in [7, 11) is 0. The molecule has 0 N–H and O–H groups in total. The zero-order valence-electron chi connectivity index (χ0n) is 12.2. The van der Waals surface area contributed by atoms with E-state index in [2.05, 4.69) is 11.8 Å². The van der Waals surface area contributed by atoms with Crippen molar-refractivity contribution in [3.63, 3.8) is 0 Å². The van der Waals surface area contributed by atoms with E-state index in [1.807, 2.05) is 0 Å². The van der Waals surface area contributed by atoms with E-state index < -0.39 is 0 Å². The number of benzene rings is 1. The first-order valence-corrected chi connectivity index (χ1v) is 7.29. The van der Waals surface area contributed by atoms with Gasteiger partial charge in [0.1, 0.15) is 5.82 Å². The van der Waals surface area contributed by atoms with Crippen LogP contribution in [0.15, 0.2) is 18.2 Å². The van der Waals surface area contributed by atoms with Gasteiger partial charge in [-0.1, -0.05) is 6.92 Å². The topological polar surface area (TPSA) is 29.5 Å². The van der Waals surface area contributed by atoms with Gasteiger partial charge in [-0.2, -0.15) is 0 Å². The lowest BCUT2D eigenvalue weighted by Crippen LogP contribution is -2.40. The van der Waals surface area contributed by atoms with Crippen molar-refractivity contribution in [2.75, 3.05) is 24.6 Å². The third-order valence-corrected chi connectivity index (χ3v) is 3.61. The number of piperidine rings is 1. The molecule has 0 spiro atoms. The van der Waals surface area contributed by atoms with E-state index in [9.17, 15) is 9.18 Å². The third kappa shape index (κ3) is 3.57. The predicted octanol–water partition coefficient (Wildman–Crippen LogP) is 3.42. The standard InChI is InChI=1S/C16H22FNO2/c1-3-9-20-14-5-4-8-18(11-14)16-7-6-13(17)10-15(16)12(2)19/h6-7,10,14H,3-5,8-9,11H2,1-2H3. The number of nitrogens with zero attached hydrogens (tertiary/aromatic N) is 1. The van der Waals surface area contributed by atoms with Gasteiger partial charge in [0.2, 0.25) is 0 Å². The Morgan fingerprint density at radius 3 is 3.00 bits per heavy atom. The first kappa shape index (κ1) is 15.0. The van der Waals surface area contributed by atoms with Crippen molar-refractivity contribution in [1.82, 2.24) is 0 Å². The average Bonchev–Trinajstić information content (AvgIpc) is 2.45. The van der Waals surface area contributed by atoms with Crippen LogP contribution in [0.2, 0.25) is 0 Å². The highest BCUT2D eigenvalue weighted by atomic mass is 19.1. The fraction of sp³-hybridized carbons (Fsp3) is 0.562. The lowest BCUT2D eigenvalue weighted by molar-refractivity contribution is 0.0440. The van der Waals surface area contributed by atoms with Crippen LogP contribution in [0.3, 0.4) is 0 Å². The Hall–Kier alpha value is -1.42. The smallest absolute Gasteiger partial charge is 0.161 e. The first-order chi connectivity index (χ1) is 9.61. The molecule has 1 fully saturated rings. The normalized spacial score (nSPS) is 19.1. The number of anilines is 1. The highest BCUT2D eigenvalue weighted by Gasteiger charge is 2.23. The minimum absolute atomic E-state index is 0.101. The molecule has 1 unspecified atom stereocenters. The van der Waals surface area contributed by atoms with E-state index >= 15 is 0 Å². The van der Waals surface area contributed by atoms with E-state index in [1.165, 1.54) is 19.1 Å². The maximum absolute atomic E-state index is 13.3. The third-order valence-electron chi connectivity index (χ3n) is 3.61. The second-order valence-electron chi connectivity index (χ2n) is 5.30. The van der Waals surface area contributed by atoms with Crippen LogP contribution in [-0.2, 0) is 4.74 Å². The van der Waals surface area contributed by atoms with E-state index in [4.69, 9.17) is 4.74 Å². The van der Waals surface area contributed by atoms with Gasteiger partial charge < -0.3 is 9.64 Å². The number of hydrogen-bond acceptors (Lipinski definition) is 3. The van der Waals surface area contributed by atoms with Gasteiger partial charge in [0.25, 0.3) is 0 Å². The summed E-state index contributed by atoms with van der Waals surface area (Å²) in [6, 6.07) is 4.45. The molecular weight excluding hydrogens is 257 g/mol. The molecule has 0 bridgehead atoms. The van der Waals surface area contributed by atoms with Crippen LogP contribution in [-0.4, -0.2) is 31.6 Å². The molecule has 0 amide bonds. The fourth-order valence-corrected chi connectivity index (χ4v) is 2.64. The van der Waals surface area contributed by atoms with Gasteiger partial charge in [-0.25, -0.2) is 4.39 Å². The molecule has 0 aliphatic carbocycles. The predicted molar refractivity (Wildman–Crippen MR) is 77.9 cm³/mol. The quantitative estimate of drug-likeness (QED) is 0.773. The second-order valence-corrected chi connectivity index (χ2v) is 5.30. The van der Waals surface area contributed by atoms with Gasteiger partial charge in [0, 0.05) is 30.9 Å². The van der Waals surface area contributed by atoms with Crippen LogP contribution in [0.4, 0.5) is 10.1 Å². The molecule has 4 heteroatoms. The molecule has 1 atom stereocenters. The van der Waals surface area contributed by atoms with Crippen molar-refractivity contribution >= 4 is 11.5 Å². The van der Waals surface area contributed by atoms with Gasteiger partial charge in [-0.15, -0.1) is 0 Å². The maximum Gasteiger partial charge on any atom is 0.161 e. The molecule has 1 aliphatic heterocycles. The number of rotatable bonds is 5. The van der Waals surface area contributed by atoms with Gasteiger partial charge in [-0.05, 0) is 44.4 Å². The molecule has 0 aromatic heterocycles. The molecule has 1 heterocycles. The molecule has 3 nitrogen and oxygen atoms in total. The second kappa shape index (κ2) is 6.84. The van der Waals surface area contributed by atoms with Gasteiger partial charge >= 0.3 is 0 Å². The molecule has 1 aromatic carbocycles. The van der Waals surface area contributed by atoms with Crippen molar-refractivity contribution in [3.8, 4) is 0 Å². The van der Waals surface area contributed by atoms with Crippen molar-refractivity contribution in [1.29, 1.82) is 0 Å². The first-order valence-electron chi connectivity index (χ1n) is 7.29. The summed E-state index contributed by atoms with van der Waals surface area (Å²) in [6.45, 7) is 5.99. The molecular formula is C16H22FNO2. The number of ketones is 1. The Kier molecular flexibility index (Phi) is 5.12. The van der Waals surface area contributed by atoms with Crippen molar-refractivity contribution in [2.24, 2.45) is 0 Å². The highest BCUT2D eigenvalue weighted by molar-refractivity contribution is 5.99. The number of halogens is 1. The number of carbonyl (C=O) groups excluding carboxylic acids is 1. The Morgan fingerprint density at radius 2 is 2.30 bits per heavy atom. The molecule has 110 valence electrons. The molecule has 0 radical (unpaired) electrons. The molecule has 2 rings (SSSR count). The maximum atomic E-state index is 13.3. The van der Waals surface area contributed by atoms with Gasteiger partial charge in [0.15, 0.2) is 5.78 Å². The zero-order chi connectivity index (χ0) is 14.5. The van der Waals surface area contributed by atoms with E-state index in [1.54, 1.807) is 6.07 Å². The van der Waals surface area contributed by atoms with Gasteiger partial charge in [0.05, 0.1) is 6.10 Å². The van der Waals surface area contributed by atoms with E-state index in [0.29, 0.717) is 5.56 Å². The van der Waals surface area contributed by atoms with Crippen LogP contribution < -0.4 is 4.90 Å². The van der Waals surface area contributed by atoms with Crippen LogP contribution in [0.5, 0.6) is 0 Å². The van der Waals surface area contributed by atoms with E-state index in [-0.39, 0.29) is 17.7 Å². The van der Waals surface area contributed by atoms with Crippen LogP contribution in [0, 0.1) is 5.82 Å².